The molecule has 72 valence electrons. The summed E-state index contributed by atoms with van der Waals surface area (Å²) in [6.07, 6.45) is 2.17. The van der Waals surface area contributed by atoms with Crippen LogP contribution >= 0.6 is 0 Å². The molecule has 4 heteroatoms. The van der Waals surface area contributed by atoms with Crippen molar-refractivity contribution >= 4 is 0 Å². The molecule has 4 nitrogen and oxygen atoms in total. The first kappa shape index (κ1) is 8.87. The van der Waals surface area contributed by atoms with Crippen LogP contribution in [0.2, 0.25) is 0 Å². The Bertz CT molecular complexity index is 394. The standard InChI is InChI=1S/C10H12N4/c1-2-5-8-6-3-4-7-9(8)10-11-13-14-12-10/h3-4,6-7H,2,5H2,1H3,(H,11,12,13,14). The van der Waals surface area contributed by atoms with Crippen molar-refractivity contribution in [3.63, 3.8) is 0 Å². The summed E-state index contributed by atoms with van der Waals surface area (Å²) in [5.74, 6) is 0.675. The van der Waals surface area contributed by atoms with Crippen molar-refractivity contribution in [2.75, 3.05) is 0 Å². The van der Waals surface area contributed by atoms with Gasteiger partial charge in [-0.3, -0.25) is 0 Å². The minimum absolute atomic E-state index is 0.675. The molecule has 2 aromatic rings. The van der Waals surface area contributed by atoms with Crippen LogP contribution in [0.1, 0.15) is 18.9 Å². The monoisotopic (exact) mass is 188 g/mol. The third kappa shape index (κ3) is 1.64. The Morgan fingerprint density at radius 2 is 2.14 bits per heavy atom. The van der Waals surface area contributed by atoms with Crippen LogP contribution in [0.3, 0.4) is 0 Å². The topological polar surface area (TPSA) is 54.5 Å². The Morgan fingerprint density at radius 3 is 2.86 bits per heavy atom. The second-order valence-electron chi connectivity index (χ2n) is 3.14. The Balaban J connectivity index is 2.42. The molecule has 0 fully saturated rings. The van der Waals surface area contributed by atoms with Gasteiger partial charge in [0.05, 0.1) is 0 Å². The summed E-state index contributed by atoms with van der Waals surface area (Å²) >= 11 is 0. The number of benzene rings is 1. The third-order valence-corrected chi connectivity index (χ3v) is 2.12. The van der Waals surface area contributed by atoms with E-state index in [1.807, 2.05) is 18.2 Å². The van der Waals surface area contributed by atoms with E-state index in [4.69, 9.17) is 0 Å². The number of aryl methyl sites for hydroxylation is 1. The maximum Gasteiger partial charge on any atom is 0.204 e. The van der Waals surface area contributed by atoms with Crippen LogP contribution in [0.4, 0.5) is 0 Å². The summed E-state index contributed by atoms with van der Waals surface area (Å²) in [6, 6.07) is 8.16. The van der Waals surface area contributed by atoms with E-state index in [-0.39, 0.29) is 0 Å². The lowest BCUT2D eigenvalue weighted by Gasteiger charge is -2.03. The number of aromatic nitrogens is 4. The number of tetrazole rings is 1. The quantitative estimate of drug-likeness (QED) is 0.799. The summed E-state index contributed by atoms with van der Waals surface area (Å²) < 4.78 is 0. The molecular formula is C10H12N4. The Morgan fingerprint density at radius 1 is 1.29 bits per heavy atom. The Kier molecular flexibility index (Phi) is 2.53. The van der Waals surface area contributed by atoms with Gasteiger partial charge in [-0.2, -0.15) is 5.21 Å². The zero-order chi connectivity index (χ0) is 9.80. The van der Waals surface area contributed by atoms with E-state index in [0.717, 1.165) is 18.4 Å². The fourth-order valence-corrected chi connectivity index (χ4v) is 1.50. The second kappa shape index (κ2) is 4.00. The smallest absolute Gasteiger partial charge is 0.177 e. The maximum atomic E-state index is 3.98. The van der Waals surface area contributed by atoms with Crippen LogP contribution in [-0.4, -0.2) is 20.6 Å². The van der Waals surface area contributed by atoms with Gasteiger partial charge in [0.2, 0.25) is 5.82 Å². The van der Waals surface area contributed by atoms with Crippen molar-refractivity contribution in [2.45, 2.75) is 19.8 Å². The minimum atomic E-state index is 0.675. The zero-order valence-electron chi connectivity index (χ0n) is 8.07. The molecule has 0 atom stereocenters. The van der Waals surface area contributed by atoms with Gasteiger partial charge >= 0.3 is 0 Å². The number of hydrogen-bond donors (Lipinski definition) is 1. The number of H-pyrrole nitrogens is 1. The van der Waals surface area contributed by atoms with Gasteiger partial charge in [0.15, 0.2) is 0 Å². The Hall–Kier alpha value is -1.71. The van der Waals surface area contributed by atoms with E-state index in [9.17, 15) is 0 Å². The van der Waals surface area contributed by atoms with E-state index >= 15 is 0 Å². The molecule has 1 aromatic heterocycles. The molecule has 0 saturated carbocycles. The average molecular weight is 188 g/mol. The summed E-state index contributed by atoms with van der Waals surface area (Å²) in [5.41, 5.74) is 2.35. The van der Waals surface area contributed by atoms with E-state index in [1.165, 1.54) is 5.56 Å². The molecule has 0 amide bonds. The first-order valence-electron chi connectivity index (χ1n) is 4.73. The number of nitrogens with one attached hydrogen (secondary N) is 1. The van der Waals surface area contributed by atoms with E-state index in [2.05, 4.69) is 33.6 Å². The fraction of sp³-hybridized carbons (Fsp3) is 0.300. The lowest BCUT2D eigenvalue weighted by molar-refractivity contribution is 0.881. The van der Waals surface area contributed by atoms with Crippen molar-refractivity contribution in [3.05, 3.63) is 29.8 Å². The lowest BCUT2D eigenvalue weighted by Crippen LogP contribution is -1.90. The van der Waals surface area contributed by atoms with Gasteiger partial charge in [-0.05, 0) is 17.2 Å². The van der Waals surface area contributed by atoms with Crippen molar-refractivity contribution in [1.29, 1.82) is 0 Å². The van der Waals surface area contributed by atoms with Gasteiger partial charge in [-0.15, -0.1) is 10.2 Å². The molecule has 0 spiro atoms. The van der Waals surface area contributed by atoms with Gasteiger partial charge in [-0.1, -0.05) is 37.6 Å². The van der Waals surface area contributed by atoms with Gasteiger partial charge in [0, 0.05) is 5.56 Å². The number of hydrogen-bond acceptors (Lipinski definition) is 3. The minimum Gasteiger partial charge on any atom is -0.177 e. The van der Waals surface area contributed by atoms with Crippen molar-refractivity contribution in [1.82, 2.24) is 20.6 Å². The first-order chi connectivity index (χ1) is 6.92. The molecule has 0 saturated heterocycles. The van der Waals surface area contributed by atoms with Crippen molar-refractivity contribution < 1.29 is 0 Å². The average Bonchev–Trinajstić information content (AvgIpc) is 2.72. The highest BCUT2D eigenvalue weighted by molar-refractivity contribution is 5.59. The number of nitrogens with zero attached hydrogens (tertiary/aromatic N) is 3. The van der Waals surface area contributed by atoms with E-state index < -0.39 is 0 Å². The molecule has 2 rings (SSSR count). The summed E-state index contributed by atoms with van der Waals surface area (Å²) in [6.45, 7) is 2.16. The predicted octanol–water partition coefficient (Wildman–Crippen LogP) is 1.82. The van der Waals surface area contributed by atoms with Gasteiger partial charge in [-0.25, -0.2) is 0 Å². The lowest BCUT2D eigenvalue weighted by atomic mass is 10.0. The van der Waals surface area contributed by atoms with Crippen LogP contribution in [0.5, 0.6) is 0 Å². The normalized spacial score (nSPS) is 10.4. The predicted molar refractivity (Wildman–Crippen MR) is 53.6 cm³/mol. The summed E-state index contributed by atoms with van der Waals surface area (Å²) in [4.78, 5) is 0. The van der Waals surface area contributed by atoms with Gasteiger partial charge in [0.1, 0.15) is 0 Å². The molecule has 14 heavy (non-hydrogen) atoms. The summed E-state index contributed by atoms with van der Waals surface area (Å²) in [7, 11) is 0. The highest BCUT2D eigenvalue weighted by Gasteiger charge is 2.06. The highest BCUT2D eigenvalue weighted by Crippen LogP contribution is 2.19. The van der Waals surface area contributed by atoms with Gasteiger partial charge in [0.25, 0.3) is 0 Å². The number of rotatable bonds is 3. The first-order valence-corrected chi connectivity index (χ1v) is 4.73. The molecular weight excluding hydrogens is 176 g/mol. The number of aromatic amines is 1. The molecule has 1 aromatic carbocycles. The van der Waals surface area contributed by atoms with Crippen molar-refractivity contribution in [2.24, 2.45) is 0 Å². The van der Waals surface area contributed by atoms with Crippen molar-refractivity contribution in [3.8, 4) is 11.4 Å². The van der Waals surface area contributed by atoms with Crippen LogP contribution in [-0.2, 0) is 6.42 Å². The molecule has 0 radical (unpaired) electrons. The molecule has 1 heterocycles. The highest BCUT2D eigenvalue weighted by atomic mass is 15.5. The molecule has 1 N–H and O–H groups in total. The largest absolute Gasteiger partial charge is 0.204 e. The van der Waals surface area contributed by atoms with Gasteiger partial charge < -0.3 is 0 Å². The summed E-state index contributed by atoms with van der Waals surface area (Å²) in [5, 5.41) is 14.0. The van der Waals surface area contributed by atoms with Crippen LogP contribution in [0, 0.1) is 0 Å². The zero-order valence-corrected chi connectivity index (χ0v) is 8.07. The second-order valence-corrected chi connectivity index (χ2v) is 3.14. The molecule has 0 aliphatic carbocycles. The van der Waals surface area contributed by atoms with E-state index in [1.54, 1.807) is 0 Å². The molecule has 0 bridgehead atoms. The third-order valence-electron chi connectivity index (χ3n) is 2.12. The molecule has 0 aliphatic heterocycles. The van der Waals surface area contributed by atoms with Crippen LogP contribution in [0.15, 0.2) is 24.3 Å². The van der Waals surface area contributed by atoms with Crippen LogP contribution < -0.4 is 0 Å². The van der Waals surface area contributed by atoms with E-state index in [0.29, 0.717) is 5.82 Å². The molecule has 0 unspecified atom stereocenters. The SMILES string of the molecule is CCCc1ccccc1-c1nn[nH]n1. The maximum absolute atomic E-state index is 3.98. The molecule has 0 aliphatic rings. The fourth-order valence-electron chi connectivity index (χ4n) is 1.50. The Labute approximate surface area is 82.4 Å². The van der Waals surface area contributed by atoms with Crippen LogP contribution in [0.25, 0.3) is 11.4 Å².